The van der Waals surface area contributed by atoms with E-state index in [9.17, 15) is 4.79 Å². The molecule has 0 saturated carbocycles. The smallest absolute Gasteiger partial charge is 0.300 e. The zero-order valence-corrected chi connectivity index (χ0v) is 9.67. The lowest BCUT2D eigenvalue weighted by Crippen LogP contribution is -2.17. The van der Waals surface area contributed by atoms with Gasteiger partial charge in [-0.2, -0.15) is 0 Å². The topological polar surface area (TPSA) is 101 Å². The van der Waals surface area contributed by atoms with Crippen LogP contribution in [-0.2, 0) is 9.59 Å². The van der Waals surface area contributed by atoms with Crippen LogP contribution in [0.2, 0.25) is 0 Å². The van der Waals surface area contributed by atoms with Gasteiger partial charge in [0.2, 0.25) is 5.91 Å². The van der Waals surface area contributed by atoms with E-state index in [2.05, 4.69) is 0 Å². The van der Waals surface area contributed by atoms with E-state index in [4.69, 9.17) is 20.7 Å². The summed E-state index contributed by atoms with van der Waals surface area (Å²) in [5, 5.41) is 16.4. The number of hydrogen-bond donors (Lipinski definition) is 3. The molecule has 5 heteroatoms. The SMILES string of the molecule is CC(=O)O.NC(=O)C[C@H](CO)c1ccccc1. The molecule has 0 heterocycles. The Hall–Kier alpha value is -1.88. The first-order valence-electron chi connectivity index (χ1n) is 5.11. The Morgan fingerprint density at radius 3 is 2.12 bits per heavy atom. The Morgan fingerprint density at radius 2 is 1.76 bits per heavy atom. The van der Waals surface area contributed by atoms with Crippen LogP contribution in [0.5, 0.6) is 0 Å². The molecular weight excluding hydrogens is 222 g/mol. The lowest BCUT2D eigenvalue weighted by molar-refractivity contribution is -0.134. The van der Waals surface area contributed by atoms with Crippen molar-refractivity contribution in [2.75, 3.05) is 6.61 Å². The number of primary amides is 1. The van der Waals surface area contributed by atoms with Crippen molar-refractivity contribution in [2.24, 2.45) is 5.73 Å². The van der Waals surface area contributed by atoms with Crippen LogP contribution in [-0.4, -0.2) is 28.7 Å². The summed E-state index contributed by atoms with van der Waals surface area (Å²) in [4.78, 5) is 19.7. The number of benzene rings is 1. The minimum absolute atomic E-state index is 0.0487. The highest BCUT2D eigenvalue weighted by molar-refractivity contribution is 5.74. The number of nitrogens with two attached hydrogens (primary N) is 1. The van der Waals surface area contributed by atoms with Crippen molar-refractivity contribution in [3.63, 3.8) is 0 Å². The summed E-state index contributed by atoms with van der Waals surface area (Å²) in [5.74, 6) is -1.39. The fraction of sp³-hybridized carbons (Fsp3) is 0.333. The van der Waals surface area contributed by atoms with Gasteiger partial charge in [-0.1, -0.05) is 30.3 Å². The van der Waals surface area contributed by atoms with Crippen LogP contribution in [0.15, 0.2) is 30.3 Å². The molecule has 94 valence electrons. The third-order valence-corrected chi connectivity index (χ3v) is 1.94. The molecule has 0 spiro atoms. The van der Waals surface area contributed by atoms with Crippen LogP contribution in [0.3, 0.4) is 0 Å². The van der Waals surface area contributed by atoms with Crippen molar-refractivity contribution < 1.29 is 19.8 Å². The van der Waals surface area contributed by atoms with E-state index in [0.29, 0.717) is 0 Å². The van der Waals surface area contributed by atoms with Crippen LogP contribution in [0.1, 0.15) is 24.8 Å². The number of carbonyl (C=O) groups is 2. The third-order valence-electron chi connectivity index (χ3n) is 1.94. The lowest BCUT2D eigenvalue weighted by Gasteiger charge is -2.11. The Balaban J connectivity index is 0.000000557. The molecule has 0 aliphatic heterocycles. The zero-order chi connectivity index (χ0) is 13.3. The summed E-state index contributed by atoms with van der Waals surface area (Å²) in [6, 6.07) is 9.40. The number of carboxylic acid groups (broad SMARTS) is 1. The summed E-state index contributed by atoms with van der Waals surface area (Å²) in [6.45, 7) is 1.03. The van der Waals surface area contributed by atoms with Crippen molar-refractivity contribution >= 4 is 11.9 Å². The molecule has 0 aliphatic carbocycles. The zero-order valence-electron chi connectivity index (χ0n) is 9.67. The molecule has 0 unspecified atom stereocenters. The second-order valence-corrected chi connectivity index (χ2v) is 3.48. The molecular formula is C12H17NO4. The van der Waals surface area contributed by atoms with Crippen LogP contribution < -0.4 is 5.73 Å². The average Bonchev–Trinajstić information content (AvgIpc) is 2.26. The van der Waals surface area contributed by atoms with Gasteiger partial charge in [0.05, 0.1) is 6.61 Å². The summed E-state index contributed by atoms with van der Waals surface area (Å²) in [5.41, 5.74) is 6.00. The molecule has 5 nitrogen and oxygen atoms in total. The highest BCUT2D eigenvalue weighted by Crippen LogP contribution is 2.17. The molecule has 0 bridgehead atoms. The Bertz CT molecular complexity index is 347. The van der Waals surface area contributed by atoms with Gasteiger partial charge in [-0.05, 0) is 5.56 Å². The Labute approximate surface area is 99.9 Å². The van der Waals surface area contributed by atoms with Crippen molar-refractivity contribution in [1.82, 2.24) is 0 Å². The summed E-state index contributed by atoms with van der Waals surface area (Å²) in [7, 11) is 0. The number of aliphatic hydroxyl groups is 1. The number of carboxylic acids is 1. The number of hydrogen-bond acceptors (Lipinski definition) is 3. The van der Waals surface area contributed by atoms with Gasteiger partial charge < -0.3 is 15.9 Å². The maximum atomic E-state index is 10.7. The van der Waals surface area contributed by atoms with Crippen LogP contribution in [0, 0.1) is 0 Å². The highest BCUT2D eigenvalue weighted by Gasteiger charge is 2.12. The Morgan fingerprint density at radius 1 is 1.29 bits per heavy atom. The van der Waals surface area contributed by atoms with Crippen molar-refractivity contribution in [1.29, 1.82) is 0 Å². The van der Waals surface area contributed by atoms with Gasteiger partial charge in [0, 0.05) is 19.3 Å². The number of carbonyl (C=O) groups excluding carboxylic acids is 1. The first-order valence-corrected chi connectivity index (χ1v) is 5.11. The number of amides is 1. The molecule has 0 saturated heterocycles. The van der Waals surface area contributed by atoms with Crippen LogP contribution in [0.25, 0.3) is 0 Å². The average molecular weight is 239 g/mol. The molecule has 1 aromatic carbocycles. The molecule has 1 amide bonds. The summed E-state index contributed by atoms with van der Waals surface area (Å²) in [6.07, 6.45) is 0.195. The predicted molar refractivity (Wildman–Crippen MR) is 63.4 cm³/mol. The maximum Gasteiger partial charge on any atom is 0.300 e. The van der Waals surface area contributed by atoms with Gasteiger partial charge in [0.15, 0.2) is 0 Å². The lowest BCUT2D eigenvalue weighted by atomic mass is 9.96. The normalized spacial score (nSPS) is 10.9. The quantitative estimate of drug-likeness (QED) is 0.721. The van der Waals surface area contributed by atoms with E-state index < -0.39 is 5.97 Å². The second-order valence-electron chi connectivity index (χ2n) is 3.48. The summed E-state index contributed by atoms with van der Waals surface area (Å²) < 4.78 is 0. The maximum absolute atomic E-state index is 10.7. The van der Waals surface area contributed by atoms with E-state index in [1.165, 1.54) is 0 Å². The van der Waals surface area contributed by atoms with E-state index in [1.807, 2.05) is 30.3 Å². The van der Waals surface area contributed by atoms with Gasteiger partial charge in [0.25, 0.3) is 5.97 Å². The Kier molecular flexibility index (Phi) is 7.38. The fourth-order valence-corrected chi connectivity index (χ4v) is 1.26. The molecule has 4 N–H and O–H groups in total. The predicted octanol–water partition coefficient (Wildman–Crippen LogP) is 0.729. The first-order chi connectivity index (χ1) is 7.97. The van der Waals surface area contributed by atoms with Gasteiger partial charge >= 0.3 is 0 Å². The molecule has 0 fully saturated rings. The van der Waals surface area contributed by atoms with E-state index in [-0.39, 0.29) is 24.9 Å². The third kappa shape index (κ3) is 7.98. The van der Waals surface area contributed by atoms with Crippen LogP contribution >= 0.6 is 0 Å². The van der Waals surface area contributed by atoms with Gasteiger partial charge in [0.1, 0.15) is 0 Å². The minimum Gasteiger partial charge on any atom is -0.481 e. The van der Waals surface area contributed by atoms with E-state index in [0.717, 1.165) is 12.5 Å². The van der Waals surface area contributed by atoms with E-state index in [1.54, 1.807) is 0 Å². The second kappa shape index (κ2) is 8.29. The highest BCUT2D eigenvalue weighted by atomic mass is 16.4. The van der Waals surface area contributed by atoms with Crippen molar-refractivity contribution in [3.8, 4) is 0 Å². The number of rotatable bonds is 4. The standard InChI is InChI=1S/C10H13NO2.C2H4O2/c11-10(13)6-9(7-12)8-4-2-1-3-5-8;1-2(3)4/h1-5,9,12H,6-7H2,(H2,11,13);1H3,(H,3,4)/t9-;/m1./s1. The van der Waals surface area contributed by atoms with Crippen molar-refractivity contribution in [3.05, 3.63) is 35.9 Å². The molecule has 0 radical (unpaired) electrons. The molecule has 0 aliphatic rings. The molecule has 17 heavy (non-hydrogen) atoms. The van der Waals surface area contributed by atoms with Gasteiger partial charge in [-0.3, -0.25) is 9.59 Å². The molecule has 1 aromatic rings. The minimum atomic E-state index is -0.833. The first kappa shape index (κ1) is 15.1. The largest absolute Gasteiger partial charge is 0.481 e. The van der Waals surface area contributed by atoms with Gasteiger partial charge in [-0.25, -0.2) is 0 Å². The van der Waals surface area contributed by atoms with Crippen LogP contribution in [0.4, 0.5) is 0 Å². The number of aliphatic carboxylic acids is 1. The van der Waals surface area contributed by atoms with Crippen molar-refractivity contribution in [2.45, 2.75) is 19.3 Å². The summed E-state index contributed by atoms with van der Waals surface area (Å²) >= 11 is 0. The fourth-order valence-electron chi connectivity index (χ4n) is 1.26. The van der Waals surface area contributed by atoms with E-state index >= 15 is 0 Å². The monoisotopic (exact) mass is 239 g/mol. The molecule has 1 atom stereocenters. The molecule has 1 rings (SSSR count). The van der Waals surface area contributed by atoms with Gasteiger partial charge in [-0.15, -0.1) is 0 Å². The number of aliphatic hydroxyl groups excluding tert-OH is 1. The molecule has 0 aromatic heterocycles.